The maximum absolute atomic E-state index is 4.72. The van der Waals surface area contributed by atoms with E-state index in [1.807, 2.05) is 43.7 Å². The summed E-state index contributed by atoms with van der Waals surface area (Å²) in [5, 5.41) is 4.69. The first-order valence-corrected chi connectivity index (χ1v) is 11.7. The summed E-state index contributed by atoms with van der Waals surface area (Å²) in [6.07, 6.45) is 5.63. The number of anilines is 2. The Balaban J connectivity index is 1.33. The van der Waals surface area contributed by atoms with Gasteiger partial charge in [0, 0.05) is 73.6 Å². The molecule has 172 valence electrons. The predicted molar refractivity (Wildman–Crippen MR) is 140 cm³/mol. The van der Waals surface area contributed by atoms with Crippen LogP contribution in [0.15, 0.2) is 73.7 Å². The zero-order valence-electron chi connectivity index (χ0n) is 19.8. The van der Waals surface area contributed by atoms with Crippen LogP contribution in [-0.4, -0.2) is 53.1 Å². The lowest BCUT2D eigenvalue weighted by Gasteiger charge is -2.33. The van der Waals surface area contributed by atoms with Gasteiger partial charge in [-0.25, -0.2) is 4.98 Å². The summed E-state index contributed by atoms with van der Waals surface area (Å²) in [6, 6.07) is 16.6. The fourth-order valence-electron chi connectivity index (χ4n) is 4.44. The average molecular weight is 451 g/mol. The molecule has 4 aromatic rings. The van der Waals surface area contributed by atoms with Crippen LogP contribution in [-0.2, 0) is 6.54 Å². The van der Waals surface area contributed by atoms with Gasteiger partial charge in [-0.15, -0.1) is 0 Å². The lowest BCUT2D eigenvalue weighted by Crippen LogP contribution is -2.44. The van der Waals surface area contributed by atoms with E-state index in [2.05, 4.69) is 69.0 Å². The predicted octanol–water partition coefficient (Wildman–Crippen LogP) is 4.76. The molecule has 1 aliphatic rings. The molecule has 0 atom stereocenters. The van der Waals surface area contributed by atoms with Crippen molar-refractivity contribution in [3.63, 3.8) is 0 Å². The second kappa shape index (κ2) is 9.61. The summed E-state index contributed by atoms with van der Waals surface area (Å²) in [6.45, 7) is 11.3. The van der Waals surface area contributed by atoms with E-state index in [9.17, 15) is 0 Å². The number of hydrogen-bond donors (Lipinski definition) is 1. The minimum Gasteiger partial charge on any atom is -0.380 e. The van der Waals surface area contributed by atoms with Crippen LogP contribution in [0.25, 0.3) is 16.5 Å². The summed E-state index contributed by atoms with van der Waals surface area (Å²) in [5.74, 6) is 1.05. The Kier molecular flexibility index (Phi) is 6.23. The van der Waals surface area contributed by atoms with Crippen LogP contribution >= 0.6 is 0 Å². The number of nitrogens with zero attached hydrogens (tertiary/aromatic N) is 5. The minimum absolute atomic E-state index is 0.682. The molecule has 1 aliphatic heterocycles. The number of hydrogen-bond acceptors (Lipinski definition) is 6. The van der Waals surface area contributed by atoms with Gasteiger partial charge < -0.3 is 15.1 Å². The first-order chi connectivity index (χ1) is 16.6. The zero-order valence-corrected chi connectivity index (χ0v) is 19.8. The van der Waals surface area contributed by atoms with E-state index in [1.54, 1.807) is 0 Å². The summed E-state index contributed by atoms with van der Waals surface area (Å²) in [7, 11) is 2.17. The van der Waals surface area contributed by atoms with Gasteiger partial charge >= 0.3 is 0 Å². The number of aromatic nitrogens is 3. The number of piperazine rings is 1. The highest BCUT2D eigenvalue weighted by Crippen LogP contribution is 2.31. The van der Waals surface area contributed by atoms with E-state index in [0.29, 0.717) is 6.54 Å². The van der Waals surface area contributed by atoms with E-state index in [0.717, 1.165) is 76.5 Å². The third kappa shape index (κ3) is 4.63. The van der Waals surface area contributed by atoms with Gasteiger partial charge in [0.1, 0.15) is 5.82 Å². The highest BCUT2D eigenvalue weighted by molar-refractivity contribution is 5.90. The molecule has 1 fully saturated rings. The van der Waals surface area contributed by atoms with E-state index in [-0.39, 0.29) is 0 Å². The molecule has 4 heterocycles. The molecule has 0 amide bonds. The lowest BCUT2D eigenvalue weighted by molar-refractivity contribution is 0.312. The van der Waals surface area contributed by atoms with Gasteiger partial charge in [0.25, 0.3) is 0 Å². The largest absolute Gasteiger partial charge is 0.380 e. The third-order valence-corrected chi connectivity index (χ3v) is 6.51. The van der Waals surface area contributed by atoms with Crippen molar-refractivity contribution in [1.29, 1.82) is 0 Å². The molecule has 0 spiro atoms. The summed E-state index contributed by atoms with van der Waals surface area (Å²) in [5.41, 5.74) is 7.14. The van der Waals surface area contributed by atoms with Crippen LogP contribution in [0.2, 0.25) is 0 Å². The van der Waals surface area contributed by atoms with Gasteiger partial charge in [-0.1, -0.05) is 24.8 Å². The zero-order chi connectivity index (χ0) is 23.5. The molecule has 3 aromatic heterocycles. The molecule has 0 bridgehead atoms. The Morgan fingerprint density at radius 3 is 2.62 bits per heavy atom. The second-order valence-corrected chi connectivity index (χ2v) is 8.88. The maximum atomic E-state index is 4.72. The van der Waals surface area contributed by atoms with E-state index in [1.165, 1.54) is 0 Å². The van der Waals surface area contributed by atoms with Crippen molar-refractivity contribution in [3.05, 3.63) is 96.1 Å². The minimum atomic E-state index is 0.682. The molecule has 1 saturated heterocycles. The molecule has 0 saturated carbocycles. The molecule has 1 N–H and O–H groups in total. The topological polar surface area (TPSA) is 57.2 Å². The van der Waals surface area contributed by atoms with Crippen molar-refractivity contribution in [2.45, 2.75) is 13.5 Å². The summed E-state index contributed by atoms with van der Waals surface area (Å²) >= 11 is 0. The van der Waals surface area contributed by atoms with Crippen LogP contribution in [0.3, 0.4) is 0 Å². The Hall–Kier alpha value is -3.77. The molecule has 34 heavy (non-hydrogen) atoms. The molecule has 6 heteroatoms. The van der Waals surface area contributed by atoms with Crippen LogP contribution in [0.4, 0.5) is 11.5 Å². The third-order valence-electron chi connectivity index (χ3n) is 6.51. The van der Waals surface area contributed by atoms with Crippen LogP contribution in [0.5, 0.6) is 0 Å². The normalized spacial score (nSPS) is 14.4. The maximum Gasteiger partial charge on any atom is 0.128 e. The highest BCUT2D eigenvalue weighted by Gasteiger charge is 2.16. The summed E-state index contributed by atoms with van der Waals surface area (Å²) in [4.78, 5) is 18.4. The molecule has 0 radical (unpaired) electrons. The van der Waals surface area contributed by atoms with Gasteiger partial charge in [0.15, 0.2) is 0 Å². The van der Waals surface area contributed by atoms with Crippen molar-refractivity contribution < 1.29 is 0 Å². The standard InChI is InChI=1S/C28H30N6/c1-20(23-7-8-25-24(17-23)5-4-11-30-25)28-21(2)29-12-10-26(28)31-18-22-6-9-27(32-19-22)34-15-13-33(3)14-16-34/h4-12,17,19H,1,13-16,18H2,2-3H3,(H,29,31). The van der Waals surface area contributed by atoms with Gasteiger partial charge in [0.05, 0.1) is 5.52 Å². The van der Waals surface area contributed by atoms with Crippen LogP contribution < -0.4 is 10.2 Å². The SMILES string of the molecule is C=C(c1ccc2ncccc2c1)c1c(NCc2ccc(N3CCN(C)CC3)nc2)ccnc1C. The van der Waals surface area contributed by atoms with E-state index < -0.39 is 0 Å². The Morgan fingerprint density at radius 1 is 0.971 bits per heavy atom. The van der Waals surface area contributed by atoms with E-state index >= 15 is 0 Å². The number of rotatable bonds is 6. The van der Waals surface area contributed by atoms with Gasteiger partial charge in [-0.3, -0.25) is 9.97 Å². The Labute approximate surface area is 201 Å². The first-order valence-electron chi connectivity index (χ1n) is 11.7. The number of nitrogens with one attached hydrogen (secondary N) is 1. The molecular weight excluding hydrogens is 420 g/mol. The lowest BCUT2D eigenvalue weighted by atomic mass is 9.95. The molecule has 1 aromatic carbocycles. The Morgan fingerprint density at radius 2 is 1.82 bits per heavy atom. The molecular formula is C28H30N6. The quantitative estimate of drug-likeness (QED) is 0.457. The molecule has 0 unspecified atom stereocenters. The highest BCUT2D eigenvalue weighted by atomic mass is 15.3. The van der Waals surface area contributed by atoms with Crippen LogP contribution in [0, 0.1) is 6.92 Å². The van der Waals surface area contributed by atoms with E-state index in [4.69, 9.17) is 4.98 Å². The van der Waals surface area contributed by atoms with Gasteiger partial charge in [-0.05, 0) is 61.0 Å². The van der Waals surface area contributed by atoms with Crippen molar-refractivity contribution in [3.8, 4) is 0 Å². The number of benzene rings is 1. The van der Waals surface area contributed by atoms with Crippen molar-refractivity contribution in [2.75, 3.05) is 43.4 Å². The number of aryl methyl sites for hydroxylation is 1. The number of fused-ring (bicyclic) bond motifs is 1. The second-order valence-electron chi connectivity index (χ2n) is 8.88. The molecule has 0 aliphatic carbocycles. The summed E-state index contributed by atoms with van der Waals surface area (Å²) < 4.78 is 0. The van der Waals surface area contributed by atoms with Crippen molar-refractivity contribution in [2.24, 2.45) is 0 Å². The Bertz CT molecular complexity index is 1310. The molecule has 6 nitrogen and oxygen atoms in total. The smallest absolute Gasteiger partial charge is 0.128 e. The first kappa shape index (κ1) is 22.0. The van der Waals surface area contributed by atoms with Crippen LogP contribution in [0.1, 0.15) is 22.4 Å². The fourth-order valence-corrected chi connectivity index (χ4v) is 4.44. The number of likely N-dealkylation sites (N-methyl/N-ethyl adjacent to an activating group) is 1. The monoisotopic (exact) mass is 450 g/mol. The van der Waals surface area contributed by atoms with Gasteiger partial charge in [-0.2, -0.15) is 0 Å². The van der Waals surface area contributed by atoms with Gasteiger partial charge in [0.2, 0.25) is 0 Å². The fraction of sp³-hybridized carbons (Fsp3) is 0.250. The van der Waals surface area contributed by atoms with Crippen molar-refractivity contribution in [1.82, 2.24) is 19.9 Å². The van der Waals surface area contributed by atoms with Crippen molar-refractivity contribution >= 4 is 28.0 Å². The molecule has 5 rings (SSSR count). The average Bonchev–Trinajstić information content (AvgIpc) is 2.87. The number of pyridine rings is 3.